The second-order valence-corrected chi connectivity index (χ2v) is 7.09. The molecule has 0 N–H and O–H groups in total. The van der Waals surface area contributed by atoms with Crippen LogP contribution in [0.3, 0.4) is 0 Å². The van der Waals surface area contributed by atoms with E-state index in [9.17, 15) is 0 Å². The third kappa shape index (κ3) is 3.22. The molecular weight excluding hydrogens is 343 g/mol. The van der Waals surface area contributed by atoms with Gasteiger partial charge < -0.3 is 4.74 Å². The molecule has 1 fully saturated rings. The smallest absolute Gasteiger partial charge is 0.129 e. The summed E-state index contributed by atoms with van der Waals surface area (Å²) in [5.74, 6) is 0. The molecule has 0 amide bonds. The highest BCUT2D eigenvalue weighted by Gasteiger charge is 2.35. The van der Waals surface area contributed by atoms with Gasteiger partial charge in [0.15, 0.2) is 0 Å². The third-order valence-electron chi connectivity index (χ3n) is 4.72. The second-order valence-electron chi connectivity index (χ2n) is 6.30. The zero-order chi connectivity index (χ0) is 16.5. The van der Waals surface area contributed by atoms with Crippen LogP contribution in [0.15, 0.2) is 48.7 Å². The standard InChI is InChI=1S/C19H18Cl2N2O/c20-18-9-22-19(21)8-17(18)14-6-15-11-24-12-16(7-14)23(15)10-13-4-2-1-3-5-13/h1-6,8-9,15-16H,7,10-12H2. The number of rotatable bonds is 3. The largest absolute Gasteiger partial charge is 0.378 e. The lowest BCUT2D eigenvalue weighted by atomic mass is 9.89. The Labute approximate surface area is 151 Å². The Morgan fingerprint density at radius 3 is 2.79 bits per heavy atom. The summed E-state index contributed by atoms with van der Waals surface area (Å²) < 4.78 is 5.78. The molecule has 0 saturated carbocycles. The minimum Gasteiger partial charge on any atom is -0.378 e. The number of pyridine rings is 1. The number of nitrogens with zero attached hydrogens (tertiary/aromatic N) is 2. The van der Waals surface area contributed by atoms with Gasteiger partial charge in [0.05, 0.1) is 24.3 Å². The van der Waals surface area contributed by atoms with Gasteiger partial charge in [-0.3, -0.25) is 4.90 Å². The van der Waals surface area contributed by atoms with Crippen molar-refractivity contribution in [2.75, 3.05) is 13.2 Å². The molecule has 2 bridgehead atoms. The average Bonchev–Trinajstić information content (AvgIpc) is 2.58. The molecule has 2 aliphatic heterocycles. The summed E-state index contributed by atoms with van der Waals surface area (Å²) in [5, 5.41) is 1.13. The highest BCUT2D eigenvalue weighted by atomic mass is 35.5. The number of fused-ring (bicyclic) bond motifs is 2. The van der Waals surface area contributed by atoms with Crippen LogP contribution >= 0.6 is 23.2 Å². The Kier molecular flexibility index (Phi) is 4.59. The fraction of sp³-hybridized carbons (Fsp3) is 0.316. The Hall–Kier alpha value is -1.39. The quantitative estimate of drug-likeness (QED) is 0.756. The van der Waals surface area contributed by atoms with Crippen LogP contribution in [0.1, 0.15) is 17.5 Å². The van der Waals surface area contributed by atoms with Crippen LogP contribution in [0.4, 0.5) is 0 Å². The van der Waals surface area contributed by atoms with E-state index >= 15 is 0 Å². The fourth-order valence-corrected chi connectivity index (χ4v) is 3.94. The maximum absolute atomic E-state index is 6.35. The van der Waals surface area contributed by atoms with Gasteiger partial charge in [-0.1, -0.05) is 59.6 Å². The molecule has 3 heterocycles. The van der Waals surface area contributed by atoms with Gasteiger partial charge in [-0.05, 0) is 23.6 Å². The number of ether oxygens (including phenoxy) is 1. The molecule has 0 radical (unpaired) electrons. The van der Waals surface area contributed by atoms with Crippen molar-refractivity contribution >= 4 is 28.8 Å². The van der Waals surface area contributed by atoms with E-state index in [2.05, 4.69) is 46.3 Å². The first-order valence-electron chi connectivity index (χ1n) is 8.10. The molecule has 1 aromatic carbocycles. The van der Waals surface area contributed by atoms with Crippen LogP contribution in [-0.4, -0.2) is 35.2 Å². The first kappa shape index (κ1) is 16.1. The van der Waals surface area contributed by atoms with Crippen molar-refractivity contribution in [3.8, 4) is 0 Å². The van der Waals surface area contributed by atoms with E-state index in [1.165, 1.54) is 11.1 Å². The monoisotopic (exact) mass is 360 g/mol. The normalized spacial score (nSPS) is 23.8. The van der Waals surface area contributed by atoms with Gasteiger partial charge in [-0.25, -0.2) is 4.98 Å². The number of aromatic nitrogens is 1. The minimum absolute atomic E-state index is 0.260. The van der Waals surface area contributed by atoms with Crippen molar-refractivity contribution in [3.05, 3.63) is 70.0 Å². The molecule has 2 atom stereocenters. The van der Waals surface area contributed by atoms with Gasteiger partial charge >= 0.3 is 0 Å². The molecule has 2 unspecified atom stereocenters. The minimum atomic E-state index is 0.260. The molecule has 24 heavy (non-hydrogen) atoms. The third-order valence-corrected chi connectivity index (χ3v) is 5.23. The van der Waals surface area contributed by atoms with E-state index in [4.69, 9.17) is 27.9 Å². The zero-order valence-corrected chi connectivity index (χ0v) is 14.7. The number of hydrogen-bond acceptors (Lipinski definition) is 3. The van der Waals surface area contributed by atoms with Crippen molar-refractivity contribution in [1.82, 2.24) is 9.88 Å². The number of hydrogen-bond donors (Lipinski definition) is 0. The summed E-state index contributed by atoms with van der Waals surface area (Å²) in [6, 6.07) is 13.1. The van der Waals surface area contributed by atoms with E-state index in [0.29, 0.717) is 22.8 Å². The highest BCUT2D eigenvalue weighted by molar-refractivity contribution is 6.33. The molecule has 124 valence electrons. The van der Waals surface area contributed by atoms with Gasteiger partial charge in [-0.15, -0.1) is 0 Å². The van der Waals surface area contributed by atoms with Gasteiger partial charge in [-0.2, -0.15) is 0 Å². The van der Waals surface area contributed by atoms with Crippen LogP contribution in [0.2, 0.25) is 10.2 Å². The Morgan fingerprint density at radius 2 is 2.00 bits per heavy atom. The van der Waals surface area contributed by atoms with E-state index in [0.717, 1.165) is 25.1 Å². The molecule has 4 rings (SSSR count). The van der Waals surface area contributed by atoms with Crippen molar-refractivity contribution in [3.63, 3.8) is 0 Å². The molecule has 3 nitrogen and oxygen atoms in total. The van der Waals surface area contributed by atoms with Crippen LogP contribution in [0.25, 0.3) is 5.57 Å². The van der Waals surface area contributed by atoms with Gasteiger partial charge in [0, 0.05) is 24.3 Å². The van der Waals surface area contributed by atoms with Crippen molar-refractivity contribution in [1.29, 1.82) is 0 Å². The Morgan fingerprint density at radius 1 is 1.17 bits per heavy atom. The fourth-order valence-electron chi connectivity index (χ4n) is 3.56. The molecular formula is C19H18Cl2N2O. The summed E-state index contributed by atoms with van der Waals surface area (Å²) in [4.78, 5) is 6.58. The van der Waals surface area contributed by atoms with E-state index in [1.54, 1.807) is 6.20 Å². The Bertz CT molecular complexity index is 763. The molecule has 2 aromatic rings. The molecule has 1 aromatic heterocycles. The average molecular weight is 361 g/mol. The lowest BCUT2D eigenvalue weighted by Gasteiger charge is -2.45. The predicted octanol–water partition coefficient (Wildman–Crippen LogP) is 4.45. The maximum Gasteiger partial charge on any atom is 0.129 e. The van der Waals surface area contributed by atoms with Gasteiger partial charge in [0.2, 0.25) is 0 Å². The first-order valence-corrected chi connectivity index (χ1v) is 8.86. The molecule has 0 spiro atoms. The van der Waals surface area contributed by atoms with Crippen molar-refractivity contribution in [2.24, 2.45) is 0 Å². The predicted molar refractivity (Wildman–Crippen MR) is 97.2 cm³/mol. The molecule has 0 aliphatic carbocycles. The highest BCUT2D eigenvalue weighted by Crippen LogP contribution is 2.36. The van der Waals surface area contributed by atoms with Crippen LogP contribution in [0.5, 0.6) is 0 Å². The number of halogens is 2. The second kappa shape index (κ2) is 6.85. The number of benzene rings is 1. The molecule has 1 saturated heterocycles. The Balaban J connectivity index is 1.63. The van der Waals surface area contributed by atoms with Crippen LogP contribution in [-0.2, 0) is 11.3 Å². The summed E-state index contributed by atoms with van der Waals surface area (Å²) in [5.41, 5.74) is 3.57. The van der Waals surface area contributed by atoms with Crippen LogP contribution in [0, 0.1) is 0 Å². The SMILES string of the molecule is Clc1cc(C2=CC3COCC(C2)N3Cc2ccccc2)c(Cl)cn1. The lowest BCUT2D eigenvalue weighted by Crippen LogP contribution is -2.53. The summed E-state index contributed by atoms with van der Waals surface area (Å²) >= 11 is 12.4. The van der Waals surface area contributed by atoms with E-state index in [-0.39, 0.29) is 6.04 Å². The summed E-state index contributed by atoms with van der Waals surface area (Å²) in [7, 11) is 0. The van der Waals surface area contributed by atoms with E-state index < -0.39 is 0 Å². The van der Waals surface area contributed by atoms with Crippen molar-refractivity contribution in [2.45, 2.75) is 25.0 Å². The van der Waals surface area contributed by atoms with Gasteiger partial charge in [0.1, 0.15) is 5.15 Å². The molecule has 5 heteroatoms. The number of morpholine rings is 1. The lowest BCUT2D eigenvalue weighted by molar-refractivity contribution is -0.0402. The van der Waals surface area contributed by atoms with Crippen LogP contribution < -0.4 is 0 Å². The zero-order valence-electron chi connectivity index (χ0n) is 13.2. The summed E-state index contributed by atoms with van der Waals surface area (Å²) in [6.07, 6.45) is 4.81. The first-order chi connectivity index (χ1) is 11.7. The summed E-state index contributed by atoms with van der Waals surface area (Å²) in [6.45, 7) is 2.40. The van der Waals surface area contributed by atoms with E-state index in [1.807, 2.05) is 6.07 Å². The maximum atomic E-state index is 6.35. The van der Waals surface area contributed by atoms with Crippen molar-refractivity contribution < 1.29 is 4.74 Å². The topological polar surface area (TPSA) is 25.4 Å². The molecule has 2 aliphatic rings. The van der Waals surface area contributed by atoms with Gasteiger partial charge in [0.25, 0.3) is 0 Å².